The molecule has 1 saturated heterocycles. The molecule has 1 fully saturated rings. The summed E-state index contributed by atoms with van der Waals surface area (Å²) >= 11 is 4.90. The van der Waals surface area contributed by atoms with Crippen LogP contribution in [0, 0.1) is 0 Å². The molecule has 1 amide bonds. The number of amides is 1. The van der Waals surface area contributed by atoms with Crippen molar-refractivity contribution in [2.45, 2.75) is 13.0 Å². The highest BCUT2D eigenvalue weighted by molar-refractivity contribution is 9.11. The third-order valence-corrected chi connectivity index (χ3v) is 3.95. The summed E-state index contributed by atoms with van der Waals surface area (Å²) in [5.74, 6) is 0.104. The second-order valence-corrected chi connectivity index (χ2v) is 5.85. The SMILES string of the molecule is CC1COCCN1C(=O)c1csc(Br)c1. The number of thiophene rings is 1. The van der Waals surface area contributed by atoms with E-state index >= 15 is 0 Å². The van der Waals surface area contributed by atoms with Crippen LogP contribution in [0.3, 0.4) is 0 Å². The molecule has 0 radical (unpaired) electrons. The topological polar surface area (TPSA) is 29.5 Å². The molecule has 1 aliphatic rings. The van der Waals surface area contributed by atoms with Crippen molar-refractivity contribution >= 4 is 33.2 Å². The van der Waals surface area contributed by atoms with Gasteiger partial charge in [0.05, 0.1) is 28.6 Å². The molecule has 0 aliphatic carbocycles. The van der Waals surface area contributed by atoms with Crippen LogP contribution in [0.4, 0.5) is 0 Å². The number of halogens is 1. The van der Waals surface area contributed by atoms with Gasteiger partial charge in [0.2, 0.25) is 0 Å². The maximum atomic E-state index is 12.1. The molecule has 0 bridgehead atoms. The number of carbonyl (C=O) groups excluding carboxylic acids is 1. The van der Waals surface area contributed by atoms with E-state index in [1.165, 1.54) is 11.3 Å². The van der Waals surface area contributed by atoms with E-state index in [1.807, 2.05) is 23.3 Å². The van der Waals surface area contributed by atoms with Crippen LogP contribution < -0.4 is 0 Å². The molecule has 3 nitrogen and oxygen atoms in total. The Kier molecular flexibility index (Phi) is 3.43. The maximum Gasteiger partial charge on any atom is 0.255 e. The summed E-state index contributed by atoms with van der Waals surface area (Å²) in [7, 11) is 0. The van der Waals surface area contributed by atoms with Gasteiger partial charge < -0.3 is 9.64 Å². The minimum atomic E-state index is 0.104. The zero-order valence-electron chi connectivity index (χ0n) is 8.40. The molecule has 1 aliphatic heterocycles. The highest BCUT2D eigenvalue weighted by atomic mass is 79.9. The van der Waals surface area contributed by atoms with Crippen molar-refractivity contribution in [2.75, 3.05) is 19.8 Å². The normalized spacial score (nSPS) is 21.7. The van der Waals surface area contributed by atoms with Crippen molar-refractivity contribution in [1.29, 1.82) is 0 Å². The van der Waals surface area contributed by atoms with Crippen molar-refractivity contribution in [2.24, 2.45) is 0 Å². The number of carbonyl (C=O) groups is 1. The molecule has 1 aromatic heterocycles. The zero-order valence-corrected chi connectivity index (χ0v) is 10.8. The Morgan fingerprint density at radius 3 is 3.13 bits per heavy atom. The van der Waals surface area contributed by atoms with E-state index in [9.17, 15) is 4.79 Å². The van der Waals surface area contributed by atoms with Crippen LogP contribution in [0.2, 0.25) is 0 Å². The number of rotatable bonds is 1. The Morgan fingerprint density at radius 1 is 1.73 bits per heavy atom. The number of ether oxygens (including phenoxy) is 1. The Labute approximate surface area is 101 Å². The second kappa shape index (κ2) is 4.63. The third-order valence-electron chi connectivity index (χ3n) is 2.44. The average Bonchev–Trinajstić information content (AvgIpc) is 2.65. The summed E-state index contributed by atoms with van der Waals surface area (Å²) in [4.78, 5) is 14.0. The van der Waals surface area contributed by atoms with Crippen LogP contribution in [-0.2, 0) is 4.74 Å². The fourth-order valence-corrected chi connectivity index (χ4v) is 2.75. The van der Waals surface area contributed by atoms with Gasteiger partial charge in [0.25, 0.3) is 5.91 Å². The molecule has 5 heteroatoms. The molecular weight excluding hydrogens is 278 g/mol. The minimum absolute atomic E-state index is 0.104. The number of hydrogen-bond donors (Lipinski definition) is 0. The molecule has 15 heavy (non-hydrogen) atoms. The summed E-state index contributed by atoms with van der Waals surface area (Å²) in [5.41, 5.74) is 0.764. The highest BCUT2D eigenvalue weighted by Crippen LogP contribution is 2.22. The Morgan fingerprint density at radius 2 is 2.53 bits per heavy atom. The fraction of sp³-hybridized carbons (Fsp3) is 0.500. The Balaban J connectivity index is 2.13. The quantitative estimate of drug-likeness (QED) is 0.794. The van der Waals surface area contributed by atoms with Gasteiger partial charge in [-0.3, -0.25) is 4.79 Å². The van der Waals surface area contributed by atoms with Crippen LogP contribution in [-0.4, -0.2) is 36.6 Å². The summed E-state index contributed by atoms with van der Waals surface area (Å²) in [6.45, 7) is 3.98. The van der Waals surface area contributed by atoms with Gasteiger partial charge in [0.1, 0.15) is 0 Å². The van der Waals surface area contributed by atoms with Gasteiger partial charge in [-0.05, 0) is 28.9 Å². The summed E-state index contributed by atoms with van der Waals surface area (Å²) in [6, 6.07) is 2.04. The largest absolute Gasteiger partial charge is 0.377 e. The predicted molar refractivity (Wildman–Crippen MR) is 63.3 cm³/mol. The van der Waals surface area contributed by atoms with E-state index in [-0.39, 0.29) is 11.9 Å². The van der Waals surface area contributed by atoms with Crippen LogP contribution in [0.5, 0.6) is 0 Å². The number of hydrogen-bond acceptors (Lipinski definition) is 3. The second-order valence-electron chi connectivity index (χ2n) is 3.56. The summed E-state index contributed by atoms with van der Waals surface area (Å²) < 4.78 is 6.30. The van der Waals surface area contributed by atoms with Gasteiger partial charge in [-0.1, -0.05) is 0 Å². The van der Waals surface area contributed by atoms with Crippen molar-refractivity contribution in [1.82, 2.24) is 4.90 Å². The average molecular weight is 290 g/mol. The lowest BCUT2D eigenvalue weighted by Crippen LogP contribution is -2.46. The molecule has 2 heterocycles. The van der Waals surface area contributed by atoms with Crippen LogP contribution >= 0.6 is 27.3 Å². The standard InChI is InChI=1S/C10H12BrNO2S/c1-7-5-14-3-2-12(7)10(13)8-4-9(11)15-6-8/h4,6-7H,2-3,5H2,1H3. The molecule has 1 atom stereocenters. The maximum absolute atomic E-state index is 12.1. The fourth-order valence-electron chi connectivity index (χ4n) is 1.62. The highest BCUT2D eigenvalue weighted by Gasteiger charge is 2.25. The van der Waals surface area contributed by atoms with Crippen LogP contribution in [0.25, 0.3) is 0 Å². The first-order valence-electron chi connectivity index (χ1n) is 4.81. The lowest BCUT2D eigenvalue weighted by atomic mass is 10.2. The van der Waals surface area contributed by atoms with Gasteiger partial charge >= 0.3 is 0 Å². The monoisotopic (exact) mass is 289 g/mol. The van der Waals surface area contributed by atoms with E-state index in [0.29, 0.717) is 19.8 Å². The number of morpholine rings is 1. The molecule has 0 spiro atoms. The first-order chi connectivity index (χ1) is 7.18. The Bertz CT molecular complexity index is 366. The summed E-state index contributed by atoms with van der Waals surface area (Å²) in [6.07, 6.45) is 0. The number of nitrogens with zero attached hydrogens (tertiary/aromatic N) is 1. The summed E-state index contributed by atoms with van der Waals surface area (Å²) in [5, 5.41) is 1.88. The Hall–Kier alpha value is -0.390. The predicted octanol–water partition coefficient (Wildman–Crippen LogP) is 2.37. The first-order valence-corrected chi connectivity index (χ1v) is 6.48. The van der Waals surface area contributed by atoms with Crippen molar-refractivity contribution in [3.05, 3.63) is 20.8 Å². The smallest absolute Gasteiger partial charge is 0.255 e. The molecule has 0 saturated carbocycles. The molecule has 82 valence electrons. The molecule has 1 unspecified atom stereocenters. The van der Waals surface area contributed by atoms with Crippen molar-refractivity contribution in [3.63, 3.8) is 0 Å². The molecule has 1 aromatic rings. The van der Waals surface area contributed by atoms with Crippen molar-refractivity contribution < 1.29 is 9.53 Å². The van der Waals surface area contributed by atoms with E-state index in [4.69, 9.17) is 4.74 Å². The van der Waals surface area contributed by atoms with Crippen LogP contribution in [0.15, 0.2) is 15.2 Å². The van der Waals surface area contributed by atoms with Gasteiger partial charge in [-0.15, -0.1) is 11.3 Å². The van der Waals surface area contributed by atoms with E-state index in [1.54, 1.807) is 0 Å². The zero-order chi connectivity index (χ0) is 10.8. The van der Waals surface area contributed by atoms with Gasteiger partial charge in [0, 0.05) is 11.9 Å². The molecular formula is C10H12BrNO2S. The third kappa shape index (κ3) is 2.41. The van der Waals surface area contributed by atoms with E-state index < -0.39 is 0 Å². The van der Waals surface area contributed by atoms with Gasteiger partial charge in [0.15, 0.2) is 0 Å². The minimum Gasteiger partial charge on any atom is -0.377 e. The van der Waals surface area contributed by atoms with E-state index in [0.717, 1.165) is 9.35 Å². The molecule has 2 rings (SSSR count). The molecule has 0 N–H and O–H groups in total. The lowest BCUT2D eigenvalue weighted by molar-refractivity contribution is 0.00362. The first kappa shape index (κ1) is 11.1. The lowest BCUT2D eigenvalue weighted by Gasteiger charge is -2.33. The van der Waals surface area contributed by atoms with Crippen LogP contribution in [0.1, 0.15) is 17.3 Å². The van der Waals surface area contributed by atoms with Gasteiger partial charge in [-0.2, -0.15) is 0 Å². The molecule has 0 aromatic carbocycles. The van der Waals surface area contributed by atoms with Crippen molar-refractivity contribution in [3.8, 4) is 0 Å². The van der Waals surface area contributed by atoms with E-state index in [2.05, 4.69) is 15.9 Å². The van der Waals surface area contributed by atoms with Gasteiger partial charge in [-0.25, -0.2) is 0 Å².